The smallest absolute Gasteiger partial charge is 0.341 e. The highest BCUT2D eigenvalue weighted by Crippen LogP contribution is 2.46. The van der Waals surface area contributed by atoms with Crippen molar-refractivity contribution in [3.63, 3.8) is 0 Å². The lowest BCUT2D eigenvalue weighted by Crippen LogP contribution is -2.16. The second-order valence-corrected chi connectivity index (χ2v) is 6.78. The van der Waals surface area contributed by atoms with E-state index in [0.717, 1.165) is 24.5 Å². The Labute approximate surface area is 147 Å². The molecule has 1 saturated carbocycles. The fourth-order valence-electron chi connectivity index (χ4n) is 2.41. The number of esters is 1. The van der Waals surface area contributed by atoms with Gasteiger partial charge in [0, 0.05) is 5.02 Å². The van der Waals surface area contributed by atoms with Crippen LogP contribution in [-0.2, 0) is 4.74 Å². The molecule has 0 radical (unpaired) electrons. The number of carbonyl (C=O) groups is 2. The summed E-state index contributed by atoms with van der Waals surface area (Å²) in [5.41, 5.74) is 1.10. The number of nitrogens with one attached hydrogen (secondary N) is 1. The van der Waals surface area contributed by atoms with Crippen LogP contribution < -0.4 is 5.32 Å². The molecule has 0 atom stereocenters. The summed E-state index contributed by atoms with van der Waals surface area (Å²) in [6.45, 7) is 1.97. The summed E-state index contributed by atoms with van der Waals surface area (Å²) in [5.74, 6) is -1.46. The highest BCUT2D eigenvalue weighted by Gasteiger charge is 2.32. The topological polar surface area (TPSA) is 55.4 Å². The zero-order valence-electron chi connectivity index (χ0n) is 12.9. The summed E-state index contributed by atoms with van der Waals surface area (Å²) >= 11 is 7.07. The Morgan fingerprint density at radius 2 is 2.17 bits per heavy atom. The zero-order chi connectivity index (χ0) is 17.3. The summed E-state index contributed by atoms with van der Waals surface area (Å²) < 4.78 is 18.9. The van der Waals surface area contributed by atoms with Gasteiger partial charge in [-0.1, -0.05) is 11.6 Å². The SMILES string of the molecule is CCOC(=O)c1c(C2CC2)csc1NC(=O)c1cc(Cl)ccc1F. The quantitative estimate of drug-likeness (QED) is 0.769. The summed E-state index contributed by atoms with van der Waals surface area (Å²) in [6, 6.07) is 3.76. The monoisotopic (exact) mass is 367 g/mol. The van der Waals surface area contributed by atoms with Crippen LogP contribution in [0.4, 0.5) is 9.39 Å². The first kappa shape index (κ1) is 16.9. The number of benzene rings is 1. The molecule has 1 amide bonds. The lowest BCUT2D eigenvalue weighted by Gasteiger charge is -2.09. The van der Waals surface area contributed by atoms with Crippen molar-refractivity contribution in [1.82, 2.24) is 0 Å². The summed E-state index contributed by atoms with van der Waals surface area (Å²) in [6.07, 6.45) is 2.03. The van der Waals surface area contributed by atoms with Gasteiger partial charge in [0.1, 0.15) is 10.8 Å². The Morgan fingerprint density at radius 1 is 1.42 bits per heavy atom. The Bertz CT molecular complexity index is 801. The van der Waals surface area contributed by atoms with E-state index in [9.17, 15) is 14.0 Å². The maximum absolute atomic E-state index is 13.8. The molecule has 1 fully saturated rings. The molecule has 1 heterocycles. The Hall–Kier alpha value is -1.92. The lowest BCUT2D eigenvalue weighted by atomic mass is 10.1. The highest BCUT2D eigenvalue weighted by molar-refractivity contribution is 7.15. The number of thiophene rings is 1. The molecule has 1 aromatic heterocycles. The predicted octanol–water partition coefficient (Wildman–Crippen LogP) is 4.85. The van der Waals surface area contributed by atoms with Crippen LogP contribution in [0.5, 0.6) is 0 Å². The number of hydrogen-bond acceptors (Lipinski definition) is 4. The van der Waals surface area contributed by atoms with Gasteiger partial charge in [0.15, 0.2) is 0 Å². The maximum atomic E-state index is 13.8. The van der Waals surface area contributed by atoms with Gasteiger partial charge in [0.2, 0.25) is 0 Å². The van der Waals surface area contributed by atoms with E-state index in [-0.39, 0.29) is 17.2 Å². The van der Waals surface area contributed by atoms with Gasteiger partial charge in [-0.15, -0.1) is 11.3 Å². The Kier molecular flexibility index (Phi) is 4.87. The number of carbonyl (C=O) groups excluding carboxylic acids is 2. The van der Waals surface area contributed by atoms with Crippen molar-refractivity contribution in [3.05, 3.63) is 51.1 Å². The first-order valence-electron chi connectivity index (χ1n) is 7.56. The van der Waals surface area contributed by atoms with Crippen LogP contribution in [0.3, 0.4) is 0 Å². The second-order valence-electron chi connectivity index (χ2n) is 5.47. The van der Waals surface area contributed by atoms with Gasteiger partial charge in [-0.2, -0.15) is 0 Å². The summed E-state index contributed by atoms with van der Waals surface area (Å²) in [4.78, 5) is 24.6. The molecule has 1 aromatic carbocycles. The molecule has 0 unspecified atom stereocenters. The van der Waals surface area contributed by atoms with Crippen molar-refractivity contribution in [2.24, 2.45) is 0 Å². The molecule has 0 bridgehead atoms. The van der Waals surface area contributed by atoms with Gasteiger partial charge in [0.05, 0.1) is 17.7 Å². The van der Waals surface area contributed by atoms with E-state index in [0.29, 0.717) is 16.5 Å². The molecule has 7 heteroatoms. The molecule has 3 rings (SSSR count). The van der Waals surface area contributed by atoms with Crippen LogP contribution in [0.25, 0.3) is 0 Å². The minimum atomic E-state index is -0.673. The van der Waals surface area contributed by atoms with Crippen LogP contribution in [-0.4, -0.2) is 18.5 Å². The van der Waals surface area contributed by atoms with Crippen LogP contribution in [0, 0.1) is 5.82 Å². The fourth-order valence-corrected chi connectivity index (χ4v) is 3.61. The largest absolute Gasteiger partial charge is 0.462 e. The van der Waals surface area contributed by atoms with E-state index in [4.69, 9.17) is 16.3 Å². The van der Waals surface area contributed by atoms with Crippen LogP contribution in [0.2, 0.25) is 5.02 Å². The normalized spacial score (nSPS) is 13.6. The van der Waals surface area contributed by atoms with Crippen molar-refractivity contribution in [3.8, 4) is 0 Å². The molecular formula is C17H15ClFNO3S. The predicted molar refractivity (Wildman–Crippen MR) is 91.6 cm³/mol. The van der Waals surface area contributed by atoms with Gasteiger partial charge in [0.25, 0.3) is 5.91 Å². The molecule has 1 N–H and O–H groups in total. The van der Waals surface area contributed by atoms with E-state index >= 15 is 0 Å². The number of hydrogen-bond donors (Lipinski definition) is 1. The lowest BCUT2D eigenvalue weighted by molar-refractivity contribution is 0.0527. The molecule has 24 heavy (non-hydrogen) atoms. The first-order valence-corrected chi connectivity index (χ1v) is 8.82. The minimum absolute atomic E-state index is 0.168. The molecule has 0 spiro atoms. The third-order valence-corrected chi connectivity index (χ3v) is 4.87. The standard InChI is InChI=1S/C17H15ClFNO3S/c1-2-23-17(22)14-12(9-3-4-9)8-24-16(14)20-15(21)11-7-10(18)5-6-13(11)19/h5-9H,2-4H2,1H3,(H,20,21). The number of anilines is 1. The van der Waals surface area contributed by atoms with E-state index in [1.165, 1.54) is 23.5 Å². The molecule has 2 aromatic rings. The summed E-state index contributed by atoms with van der Waals surface area (Å²) in [7, 11) is 0. The average molecular weight is 368 g/mol. The highest BCUT2D eigenvalue weighted by atomic mass is 35.5. The Morgan fingerprint density at radius 3 is 2.83 bits per heavy atom. The van der Waals surface area contributed by atoms with Crippen molar-refractivity contribution < 1.29 is 18.7 Å². The average Bonchev–Trinajstić information content (AvgIpc) is 3.31. The molecule has 126 valence electrons. The van der Waals surface area contributed by atoms with Crippen LogP contribution in [0.15, 0.2) is 23.6 Å². The molecular weight excluding hydrogens is 353 g/mol. The Balaban J connectivity index is 1.90. The molecule has 0 aliphatic heterocycles. The van der Waals surface area contributed by atoms with Crippen molar-refractivity contribution >= 4 is 39.8 Å². The van der Waals surface area contributed by atoms with Crippen molar-refractivity contribution in [2.75, 3.05) is 11.9 Å². The van der Waals surface area contributed by atoms with Crippen molar-refractivity contribution in [2.45, 2.75) is 25.7 Å². The number of halogens is 2. The van der Waals surface area contributed by atoms with Gasteiger partial charge in [-0.3, -0.25) is 4.79 Å². The van der Waals surface area contributed by atoms with E-state index in [2.05, 4.69) is 5.32 Å². The third kappa shape index (κ3) is 3.44. The van der Waals surface area contributed by atoms with Crippen LogP contribution >= 0.6 is 22.9 Å². The van der Waals surface area contributed by atoms with Crippen molar-refractivity contribution in [1.29, 1.82) is 0 Å². The van der Waals surface area contributed by atoms with Gasteiger partial charge >= 0.3 is 5.97 Å². The zero-order valence-corrected chi connectivity index (χ0v) is 14.5. The number of amides is 1. The molecule has 1 aliphatic rings. The summed E-state index contributed by atoms with van der Waals surface area (Å²) in [5, 5.41) is 5.11. The van der Waals surface area contributed by atoms with E-state index < -0.39 is 17.7 Å². The third-order valence-electron chi connectivity index (χ3n) is 3.72. The van der Waals surface area contributed by atoms with Gasteiger partial charge in [-0.25, -0.2) is 9.18 Å². The number of rotatable bonds is 5. The van der Waals surface area contributed by atoms with Gasteiger partial charge < -0.3 is 10.1 Å². The first-order chi connectivity index (χ1) is 11.5. The van der Waals surface area contributed by atoms with Crippen LogP contribution in [0.1, 0.15) is 52.0 Å². The fraction of sp³-hybridized carbons (Fsp3) is 0.294. The molecule has 1 aliphatic carbocycles. The van der Waals surface area contributed by atoms with E-state index in [1.54, 1.807) is 6.92 Å². The molecule has 4 nitrogen and oxygen atoms in total. The van der Waals surface area contributed by atoms with Gasteiger partial charge in [-0.05, 0) is 54.8 Å². The van der Waals surface area contributed by atoms with E-state index in [1.807, 2.05) is 5.38 Å². The minimum Gasteiger partial charge on any atom is -0.462 e. The maximum Gasteiger partial charge on any atom is 0.341 e. The number of ether oxygens (including phenoxy) is 1. The molecule has 0 saturated heterocycles. The second kappa shape index (κ2) is 6.91.